The Morgan fingerprint density at radius 1 is 1.41 bits per heavy atom. The van der Waals surface area contributed by atoms with Crippen molar-refractivity contribution < 1.29 is 14.3 Å². The summed E-state index contributed by atoms with van der Waals surface area (Å²) in [5, 5.41) is 2.12. The van der Waals surface area contributed by atoms with Gasteiger partial charge < -0.3 is 14.4 Å². The predicted octanol–water partition coefficient (Wildman–Crippen LogP) is 4.63. The van der Waals surface area contributed by atoms with Gasteiger partial charge in [0, 0.05) is 35.0 Å². The summed E-state index contributed by atoms with van der Waals surface area (Å²) in [6.07, 6.45) is 5.54. The lowest BCUT2D eigenvalue weighted by atomic mass is 10.0. The summed E-state index contributed by atoms with van der Waals surface area (Å²) in [7, 11) is 0. The summed E-state index contributed by atoms with van der Waals surface area (Å²) in [4.78, 5) is 16.2. The van der Waals surface area contributed by atoms with Crippen LogP contribution in [0.25, 0.3) is 6.08 Å². The number of carbonyl (C=O) groups is 1. The first-order valence-electron chi connectivity index (χ1n) is 9.58. The van der Waals surface area contributed by atoms with Crippen LogP contribution >= 0.6 is 11.3 Å². The van der Waals surface area contributed by atoms with Gasteiger partial charge in [-0.15, -0.1) is 11.3 Å². The minimum absolute atomic E-state index is 0.0385. The van der Waals surface area contributed by atoms with Crippen molar-refractivity contribution in [3.63, 3.8) is 0 Å². The first-order valence-corrected chi connectivity index (χ1v) is 10.5. The molecular formula is C22H25NO3S. The van der Waals surface area contributed by atoms with Crippen molar-refractivity contribution in [1.29, 1.82) is 0 Å². The normalized spacial score (nSPS) is 21.1. The number of carbonyl (C=O) groups excluding carboxylic acids is 1. The summed E-state index contributed by atoms with van der Waals surface area (Å²) >= 11 is 1.79. The molecule has 142 valence electrons. The number of benzene rings is 1. The Balaban J connectivity index is 1.56. The van der Waals surface area contributed by atoms with Crippen molar-refractivity contribution in [2.24, 2.45) is 0 Å². The van der Waals surface area contributed by atoms with Crippen LogP contribution in [0.15, 0.2) is 29.7 Å². The van der Waals surface area contributed by atoms with E-state index >= 15 is 0 Å². The second-order valence-electron chi connectivity index (χ2n) is 7.15. The average Bonchev–Trinajstić information content (AvgIpc) is 3.25. The van der Waals surface area contributed by atoms with Crippen molar-refractivity contribution >= 4 is 23.3 Å². The summed E-state index contributed by atoms with van der Waals surface area (Å²) in [5.41, 5.74) is 3.34. The van der Waals surface area contributed by atoms with E-state index < -0.39 is 0 Å². The zero-order valence-corrected chi connectivity index (χ0v) is 16.8. The Hall–Kier alpha value is -2.27. The SMILES string of the molecule is CCOc1cc2c(cc1/C=C/C(=O)N1CCc3sccc3C1C)OC(C)C2. The second-order valence-corrected chi connectivity index (χ2v) is 8.15. The number of thiophene rings is 1. The van der Waals surface area contributed by atoms with Gasteiger partial charge in [-0.3, -0.25) is 4.79 Å². The number of nitrogens with zero attached hydrogens (tertiary/aromatic N) is 1. The van der Waals surface area contributed by atoms with Gasteiger partial charge in [-0.05, 0) is 62.4 Å². The van der Waals surface area contributed by atoms with Gasteiger partial charge in [0.1, 0.15) is 17.6 Å². The summed E-state index contributed by atoms with van der Waals surface area (Å²) in [6, 6.07) is 6.30. The highest BCUT2D eigenvalue weighted by atomic mass is 32.1. The van der Waals surface area contributed by atoms with Crippen LogP contribution in [0.1, 0.15) is 48.4 Å². The van der Waals surface area contributed by atoms with Crippen LogP contribution in [0.4, 0.5) is 0 Å². The van der Waals surface area contributed by atoms with Crippen LogP contribution in [0.2, 0.25) is 0 Å². The summed E-state index contributed by atoms with van der Waals surface area (Å²) < 4.78 is 11.7. The molecule has 0 radical (unpaired) electrons. The lowest BCUT2D eigenvalue weighted by molar-refractivity contribution is -0.128. The lowest BCUT2D eigenvalue weighted by Gasteiger charge is -2.32. The second kappa shape index (κ2) is 7.39. The minimum Gasteiger partial charge on any atom is -0.493 e. The van der Waals surface area contributed by atoms with Gasteiger partial charge in [0.15, 0.2) is 0 Å². The Bertz CT molecular complexity index is 886. The topological polar surface area (TPSA) is 38.8 Å². The zero-order valence-electron chi connectivity index (χ0n) is 16.0. The number of hydrogen-bond acceptors (Lipinski definition) is 4. The Morgan fingerprint density at radius 3 is 3.07 bits per heavy atom. The first-order chi connectivity index (χ1) is 13.1. The number of fused-ring (bicyclic) bond motifs is 2. The Kier molecular flexibility index (Phi) is 4.96. The van der Waals surface area contributed by atoms with Crippen molar-refractivity contribution in [2.45, 2.75) is 45.8 Å². The maximum absolute atomic E-state index is 12.8. The molecule has 0 N–H and O–H groups in total. The summed E-state index contributed by atoms with van der Waals surface area (Å²) in [5.74, 6) is 1.74. The predicted molar refractivity (Wildman–Crippen MR) is 109 cm³/mol. The van der Waals surface area contributed by atoms with E-state index in [1.165, 1.54) is 16.0 Å². The molecule has 3 heterocycles. The average molecular weight is 384 g/mol. The van der Waals surface area contributed by atoms with Crippen molar-refractivity contribution in [2.75, 3.05) is 13.2 Å². The molecule has 2 aliphatic heterocycles. The van der Waals surface area contributed by atoms with Crippen LogP contribution in [-0.2, 0) is 17.6 Å². The van der Waals surface area contributed by atoms with E-state index in [0.717, 1.165) is 36.4 Å². The molecular weight excluding hydrogens is 358 g/mol. The van der Waals surface area contributed by atoms with Gasteiger partial charge in [-0.25, -0.2) is 0 Å². The molecule has 0 saturated heterocycles. The molecule has 0 aliphatic carbocycles. The van der Waals surface area contributed by atoms with Crippen molar-refractivity contribution in [3.05, 3.63) is 51.2 Å². The minimum atomic E-state index is 0.0385. The van der Waals surface area contributed by atoms with E-state index in [1.807, 2.05) is 30.0 Å². The number of amides is 1. The molecule has 1 amide bonds. The largest absolute Gasteiger partial charge is 0.493 e. The van der Waals surface area contributed by atoms with Gasteiger partial charge in [-0.1, -0.05) is 0 Å². The van der Waals surface area contributed by atoms with Gasteiger partial charge in [-0.2, -0.15) is 0 Å². The maximum atomic E-state index is 12.8. The quantitative estimate of drug-likeness (QED) is 0.723. The van der Waals surface area contributed by atoms with E-state index in [0.29, 0.717) is 6.61 Å². The van der Waals surface area contributed by atoms with Crippen molar-refractivity contribution in [1.82, 2.24) is 4.90 Å². The molecule has 4 nitrogen and oxygen atoms in total. The van der Waals surface area contributed by atoms with Gasteiger partial charge >= 0.3 is 0 Å². The third-order valence-corrected chi connectivity index (χ3v) is 6.29. The molecule has 0 fully saturated rings. The zero-order chi connectivity index (χ0) is 19.0. The maximum Gasteiger partial charge on any atom is 0.247 e. The number of hydrogen-bond donors (Lipinski definition) is 0. The molecule has 4 rings (SSSR count). The fourth-order valence-corrected chi connectivity index (χ4v) is 4.90. The van der Waals surface area contributed by atoms with Crippen LogP contribution in [0.3, 0.4) is 0 Å². The molecule has 0 bridgehead atoms. The molecule has 0 saturated carbocycles. The van der Waals surface area contributed by atoms with Crippen LogP contribution in [0, 0.1) is 0 Å². The van der Waals surface area contributed by atoms with E-state index in [4.69, 9.17) is 9.47 Å². The van der Waals surface area contributed by atoms with Gasteiger partial charge in [0.25, 0.3) is 0 Å². The number of ether oxygens (including phenoxy) is 2. The third kappa shape index (κ3) is 3.48. The highest BCUT2D eigenvalue weighted by Crippen LogP contribution is 2.36. The van der Waals surface area contributed by atoms with Crippen LogP contribution in [-0.4, -0.2) is 30.1 Å². The smallest absolute Gasteiger partial charge is 0.247 e. The third-order valence-electron chi connectivity index (χ3n) is 5.29. The highest BCUT2D eigenvalue weighted by molar-refractivity contribution is 7.10. The monoisotopic (exact) mass is 383 g/mol. The molecule has 5 heteroatoms. The molecule has 27 heavy (non-hydrogen) atoms. The highest BCUT2D eigenvalue weighted by Gasteiger charge is 2.27. The molecule has 2 atom stereocenters. The van der Waals surface area contributed by atoms with Crippen molar-refractivity contribution in [3.8, 4) is 11.5 Å². The first kappa shape index (κ1) is 18.1. The lowest BCUT2D eigenvalue weighted by Crippen LogP contribution is -2.37. The fraction of sp³-hybridized carbons (Fsp3) is 0.409. The van der Waals surface area contributed by atoms with Gasteiger partial charge in [0.2, 0.25) is 5.91 Å². The standard InChI is InChI=1S/C22H25NO3S/c1-4-25-19-13-17-11-14(2)26-20(17)12-16(19)5-6-22(24)23-9-7-21-18(15(23)3)8-10-27-21/h5-6,8,10,12-15H,4,7,9,11H2,1-3H3/b6-5+. The fourth-order valence-electron chi connectivity index (χ4n) is 3.93. The van der Waals surface area contributed by atoms with Crippen LogP contribution < -0.4 is 9.47 Å². The molecule has 2 unspecified atom stereocenters. The molecule has 0 spiro atoms. The van der Waals surface area contributed by atoms with Crippen LogP contribution in [0.5, 0.6) is 11.5 Å². The van der Waals surface area contributed by atoms with E-state index in [1.54, 1.807) is 17.4 Å². The van der Waals surface area contributed by atoms with E-state index in [-0.39, 0.29) is 18.1 Å². The Morgan fingerprint density at radius 2 is 2.26 bits per heavy atom. The van der Waals surface area contributed by atoms with Gasteiger partial charge in [0.05, 0.1) is 12.6 Å². The van der Waals surface area contributed by atoms with E-state index in [9.17, 15) is 4.79 Å². The molecule has 2 aromatic rings. The number of rotatable bonds is 4. The molecule has 1 aromatic heterocycles. The summed E-state index contributed by atoms with van der Waals surface area (Å²) in [6.45, 7) is 7.50. The Labute approximate surface area is 164 Å². The molecule has 2 aliphatic rings. The molecule has 1 aromatic carbocycles. The van der Waals surface area contributed by atoms with E-state index in [2.05, 4.69) is 25.3 Å².